The van der Waals surface area contributed by atoms with Crippen LogP contribution in [-0.2, 0) is 4.74 Å². The number of ether oxygens (including phenoxy) is 2. The summed E-state index contributed by atoms with van der Waals surface area (Å²) in [6.45, 7) is 0.693. The number of aliphatic hydroxyl groups is 3. The van der Waals surface area contributed by atoms with Crippen molar-refractivity contribution in [3.63, 3.8) is 0 Å². The van der Waals surface area contributed by atoms with Crippen LogP contribution in [0, 0.1) is 29.4 Å². The van der Waals surface area contributed by atoms with Gasteiger partial charge in [-0.25, -0.2) is 8.78 Å². The lowest BCUT2D eigenvalue weighted by atomic mass is 9.86. The van der Waals surface area contributed by atoms with Gasteiger partial charge in [-0.15, -0.1) is 0 Å². The third kappa shape index (κ3) is 6.23. The van der Waals surface area contributed by atoms with Gasteiger partial charge in [0.1, 0.15) is 18.5 Å². The lowest BCUT2D eigenvalue weighted by Crippen LogP contribution is -2.22. The van der Waals surface area contributed by atoms with Gasteiger partial charge >= 0.3 is 0 Å². The van der Waals surface area contributed by atoms with E-state index in [1.165, 1.54) is 0 Å². The van der Waals surface area contributed by atoms with Crippen LogP contribution in [-0.4, -0.2) is 53.5 Å². The molecule has 0 spiro atoms. The Kier molecular flexibility index (Phi) is 8.62. The second-order valence-corrected chi connectivity index (χ2v) is 8.42. The minimum absolute atomic E-state index is 0.00674. The third-order valence-corrected chi connectivity index (χ3v) is 6.22. The zero-order chi connectivity index (χ0) is 21.5. The minimum Gasteiger partial charge on any atom is -0.487 e. The van der Waals surface area contributed by atoms with Gasteiger partial charge in [-0.2, -0.15) is 0 Å². The third-order valence-electron chi connectivity index (χ3n) is 6.22. The van der Waals surface area contributed by atoms with Gasteiger partial charge in [0.2, 0.25) is 0 Å². The van der Waals surface area contributed by atoms with E-state index in [4.69, 9.17) is 14.6 Å². The van der Waals surface area contributed by atoms with Crippen molar-refractivity contribution in [1.29, 1.82) is 0 Å². The molecule has 1 heterocycles. The molecule has 7 heteroatoms. The number of aliphatic hydroxyl groups excluding tert-OH is 3. The summed E-state index contributed by atoms with van der Waals surface area (Å²) >= 11 is 0. The second-order valence-electron chi connectivity index (χ2n) is 8.42. The second kappa shape index (κ2) is 11.2. The number of unbranched alkanes of at least 4 members (excludes halogenated alkanes) is 1. The van der Waals surface area contributed by atoms with Crippen molar-refractivity contribution in [1.82, 2.24) is 0 Å². The zero-order valence-corrected chi connectivity index (χ0v) is 17.1. The van der Waals surface area contributed by atoms with Gasteiger partial charge in [0.25, 0.3) is 0 Å². The van der Waals surface area contributed by atoms with Gasteiger partial charge in [-0.05, 0) is 49.7 Å². The summed E-state index contributed by atoms with van der Waals surface area (Å²) in [7, 11) is 0. The highest BCUT2D eigenvalue weighted by Crippen LogP contribution is 2.42. The molecule has 0 bridgehead atoms. The fraction of sp³-hybridized carbons (Fsp3) is 0.652. The summed E-state index contributed by atoms with van der Waals surface area (Å²) in [4.78, 5) is 0. The molecule has 1 aromatic rings. The first-order valence-electron chi connectivity index (χ1n) is 10.8. The summed E-state index contributed by atoms with van der Waals surface area (Å²) in [5.41, 5.74) is 0. The smallest absolute Gasteiger partial charge is 0.165 e. The molecule has 0 aromatic heterocycles. The van der Waals surface area contributed by atoms with E-state index in [-0.39, 0.29) is 36.9 Å². The molecule has 168 valence electrons. The molecule has 2 fully saturated rings. The SMILES string of the molecule is OCCCC[C@H]1CC[C@@H]2[C@@H](C=C[C@@H](O)COc3cc(F)ccc3F)[C@H](O)C[C@@H]2OC1. The summed E-state index contributed by atoms with van der Waals surface area (Å²) in [5.74, 6) is -0.998. The van der Waals surface area contributed by atoms with Crippen LogP contribution in [0.1, 0.15) is 38.5 Å². The average Bonchev–Trinajstić information content (AvgIpc) is 2.89. The first kappa shape index (κ1) is 23.1. The summed E-state index contributed by atoms with van der Waals surface area (Å²) in [6.07, 6.45) is 7.21. The fourth-order valence-corrected chi connectivity index (χ4v) is 4.56. The van der Waals surface area contributed by atoms with Gasteiger partial charge in [-0.3, -0.25) is 0 Å². The van der Waals surface area contributed by atoms with E-state index in [2.05, 4.69) is 0 Å². The number of fused-ring (bicyclic) bond motifs is 1. The normalized spacial score (nSPS) is 30.2. The summed E-state index contributed by atoms with van der Waals surface area (Å²) in [5, 5.41) is 29.6. The van der Waals surface area contributed by atoms with Gasteiger partial charge in [-0.1, -0.05) is 18.6 Å². The summed E-state index contributed by atoms with van der Waals surface area (Å²) in [6, 6.07) is 2.92. The van der Waals surface area contributed by atoms with E-state index in [0.717, 1.165) is 50.3 Å². The number of benzene rings is 1. The molecule has 3 N–H and O–H groups in total. The standard InChI is InChI=1S/C23H32F2O5/c24-16-5-9-20(25)23(11-16)30-14-17(27)6-8-18-19-7-4-15(3-1-2-10-26)13-29-22(19)12-21(18)28/h5-6,8-9,11,15,17-19,21-22,26-28H,1-4,7,10,12-14H2/t15-,17+,18+,19+,21+,22-/m0/s1. The number of rotatable bonds is 9. The zero-order valence-electron chi connectivity index (χ0n) is 17.1. The Labute approximate surface area is 176 Å². The van der Waals surface area contributed by atoms with Gasteiger partial charge in [0.15, 0.2) is 11.6 Å². The monoisotopic (exact) mass is 426 g/mol. The molecule has 1 aromatic carbocycles. The van der Waals surface area contributed by atoms with Crippen molar-refractivity contribution in [2.75, 3.05) is 19.8 Å². The maximum atomic E-state index is 13.6. The van der Waals surface area contributed by atoms with Crippen LogP contribution < -0.4 is 4.74 Å². The number of hydrogen-bond acceptors (Lipinski definition) is 5. The quantitative estimate of drug-likeness (QED) is 0.417. The highest BCUT2D eigenvalue weighted by molar-refractivity contribution is 5.25. The largest absolute Gasteiger partial charge is 0.487 e. The topological polar surface area (TPSA) is 79.2 Å². The van der Waals surface area contributed by atoms with Crippen LogP contribution in [0.15, 0.2) is 30.4 Å². The van der Waals surface area contributed by atoms with E-state index in [0.29, 0.717) is 18.9 Å². The molecule has 30 heavy (non-hydrogen) atoms. The Morgan fingerprint density at radius 2 is 2.07 bits per heavy atom. The molecular weight excluding hydrogens is 394 g/mol. The molecule has 3 rings (SSSR count). The van der Waals surface area contributed by atoms with Crippen molar-refractivity contribution in [3.8, 4) is 5.75 Å². The molecule has 1 aliphatic heterocycles. The van der Waals surface area contributed by atoms with Gasteiger partial charge < -0.3 is 24.8 Å². The maximum absolute atomic E-state index is 13.6. The lowest BCUT2D eigenvalue weighted by molar-refractivity contribution is 0.0180. The van der Waals surface area contributed by atoms with Crippen LogP contribution in [0.3, 0.4) is 0 Å². The van der Waals surface area contributed by atoms with Crippen LogP contribution in [0.25, 0.3) is 0 Å². The highest BCUT2D eigenvalue weighted by atomic mass is 19.1. The summed E-state index contributed by atoms with van der Waals surface area (Å²) < 4.78 is 38.1. The Morgan fingerprint density at radius 3 is 2.87 bits per heavy atom. The highest BCUT2D eigenvalue weighted by Gasteiger charge is 2.43. The fourth-order valence-electron chi connectivity index (χ4n) is 4.56. The first-order valence-corrected chi connectivity index (χ1v) is 10.8. The molecule has 6 atom stereocenters. The Morgan fingerprint density at radius 1 is 1.23 bits per heavy atom. The lowest BCUT2D eigenvalue weighted by Gasteiger charge is -2.21. The predicted octanol–water partition coefficient (Wildman–Crippen LogP) is 3.22. The Balaban J connectivity index is 1.52. The predicted molar refractivity (Wildman–Crippen MR) is 108 cm³/mol. The minimum atomic E-state index is -1.00. The van der Waals surface area contributed by atoms with Crippen molar-refractivity contribution < 1.29 is 33.6 Å². The van der Waals surface area contributed by atoms with Gasteiger partial charge in [0.05, 0.1) is 12.2 Å². The van der Waals surface area contributed by atoms with Crippen LogP contribution >= 0.6 is 0 Å². The molecule has 5 nitrogen and oxygen atoms in total. The molecule has 2 aliphatic rings. The van der Waals surface area contributed by atoms with Crippen LogP contribution in [0.5, 0.6) is 5.75 Å². The molecule has 1 aliphatic carbocycles. The molecule has 0 radical (unpaired) electrons. The molecule has 0 amide bonds. The Bertz CT molecular complexity index is 698. The maximum Gasteiger partial charge on any atom is 0.165 e. The van der Waals surface area contributed by atoms with Crippen LogP contribution in [0.4, 0.5) is 8.78 Å². The van der Waals surface area contributed by atoms with Gasteiger partial charge in [0, 0.05) is 31.6 Å². The molecule has 0 unspecified atom stereocenters. The van der Waals surface area contributed by atoms with E-state index in [1.54, 1.807) is 12.2 Å². The molecular formula is C23H32F2O5. The average molecular weight is 427 g/mol. The van der Waals surface area contributed by atoms with Crippen LogP contribution in [0.2, 0.25) is 0 Å². The van der Waals surface area contributed by atoms with E-state index in [1.807, 2.05) is 0 Å². The van der Waals surface area contributed by atoms with E-state index in [9.17, 15) is 19.0 Å². The van der Waals surface area contributed by atoms with Crippen molar-refractivity contribution in [2.24, 2.45) is 17.8 Å². The molecule has 1 saturated heterocycles. The van der Waals surface area contributed by atoms with E-state index < -0.39 is 23.8 Å². The first-order chi connectivity index (χ1) is 14.5. The van der Waals surface area contributed by atoms with Crippen molar-refractivity contribution in [3.05, 3.63) is 42.0 Å². The molecule has 1 saturated carbocycles. The van der Waals surface area contributed by atoms with E-state index >= 15 is 0 Å². The number of halogens is 2. The van der Waals surface area contributed by atoms with Crippen molar-refractivity contribution >= 4 is 0 Å². The number of hydrogen-bond donors (Lipinski definition) is 3. The Hall–Kier alpha value is -1.54. The van der Waals surface area contributed by atoms with Crippen molar-refractivity contribution in [2.45, 2.75) is 56.8 Å².